The van der Waals surface area contributed by atoms with Crippen molar-refractivity contribution in [1.82, 2.24) is 4.90 Å². The molecule has 2 fully saturated rings. The van der Waals surface area contributed by atoms with E-state index in [2.05, 4.69) is 6.92 Å². The number of hydrogen-bond donors (Lipinski definition) is 1. The number of carbonyl (C=O) groups excluding carboxylic acids is 1. The zero-order chi connectivity index (χ0) is 14.2. The highest BCUT2D eigenvalue weighted by atomic mass is 32.1. The third-order valence-corrected chi connectivity index (χ3v) is 4.91. The molecule has 0 aliphatic carbocycles. The molecule has 0 aromatic carbocycles. The van der Waals surface area contributed by atoms with E-state index in [4.69, 9.17) is 22.7 Å². The Morgan fingerprint density at radius 3 is 2.47 bits per heavy atom. The Morgan fingerprint density at radius 1 is 1.26 bits per heavy atom. The molecule has 2 aliphatic heterocycles. The maximum Gasteiger partial charge on any atom is 0.229 e. The summed E-state index contributed by atoms with van der Waals surface area (Å²) < 4.78 is 5.78. The van der Waals surface area contributed by atoms with Gasteiger partial charge in [-0.25, -0.2) is 0 Å². The first-order valence-electron chi connectivity index (χ1n) is 7.18. The van der Waals surface area contributed by atoms with Crippen molar-refractivity contribution in [3.63, 3.8) is 0 Å². The van der Waals surface area contributed by atoms with Crippen LogP contribution >= 0.6 is 12.2 Å². The van der Waals surface area contributed by atoms with Gasteiger partial charge in [-0.3, -0.25) is 4.79 Å². The first-order chi connectivity index (χ1) is 8.93. The molecule has 0 radical (unpaired) electrons. The number of amides is 1. The van der Waals surface area contributed by atoms with Crippen molar-refractivity contribution in [3.05, 3.63) is 0 Å². The predicted molar refractivity (Wildman–Crippen MR) is 78.8 cm³/mol. The highest BCUT2D eigenvalue weighted by Gasteiger charge is 2.45. The molecule has 5 unspecified atom stereocenters. The van der Waals surface area contributed by atoms with Crippen molar-refractivity contribution in [1.29, 1.82) is 0 Å². The Hall–Kier alpha value is -0.680. The first-order valence-corrected chi connectivity index (χ1v) is 7.59. The molecule has 2 rings (SSSR count). The van der Waals surface area contributed by atoms with Crippen LogP contribution in [0.2, 0.25) is 0 Å². The average molecular weight is 284 g/mol. The Kier molecular flexibility index (Phi) is 4.46. The van der Waals surface area contributed by atoms with E-state index in [9.17, 15) is 4.79 Å². The zero-order valence-corrected chi connectivity index (χ0v) is 12.8. The Morgan fingerprint density at radius 2 is 1.95 bits per heavy atom. The molecule has 0 spiro atoms. The second kappa shape index (κ2) is 5.75. The summed E-state index contributed by atoms with van der Waals surface area (Å²) >= 11 is 5.12. The monoisotopic (exact) mass is 284 g/mol. The van der Waals surface area contributed by atoms with E-state index >= 15 is 0 Å². The summed E-state index contributed by atoms with van der Waals surface area (Å²) in [5.41, 5.74) is 5.80. The normalized spacial score (nSPS) is 39.3. The number of piperidine rings is 1. The van der Waals surface area contributed by atoms with E-state index < -0.39 is 0 Å². The van der Waals surface area contributed by atoms with Crippen molar-refractivity contribution in [3.8, 4) is 0 Å². The van der Waals surface area contributed by atoms with Gasteiger partial charge in [0.25, 0.3) is 0 Å². The van der Waals surface area contributed by atoms with Crippen molar-refractivity contribution in [2.75, 3.05) is 6.54 Å². The van der Waals surface area contributed by atoms with Gasteiger partial charge in [-0.05, 0) is 39.0 Å². The predicted octanol–water partition coefficient (Wildman–Crippen LogP) is 1.71. The zero-order valence-electron chi connectivity index (χ0n) is 12.0. The molecule has 19 heavy (non-hydrogen) atoms. The Balaban J connectivity index is 2.15. The lowest BCUT2D eigenvalue weighted by Crippen LogP contribution is -2.53. The molecule has 108 valence electrons. The van der Waals surface area contributed by atoms with Crippen LogP contribution in [0.25, 0.3) is 0 Å². The molecule has 2 N–H and O–H groups in total. The maximum absolute atomic E-state index is 12.8. The summed E-state index contributed by atoms with van der Waals surface area (Å²) in [5, 5.41) is 0. The maximum atomic E-state index is 12.8. The second-order valence-corrected chi connectivity index (χ2v) is 6.35. The molecule has 5 atom stereocenters. The van der Waals surface area contributed by atoms with Gasteiger partial charge in [0.15, 0.2) is 0 Å². The number of ether oxygens (including phenoxy) is 1. The quantitative estimate of drug-likeness (QED) is 0.784. The lowest BCUT2D eigenvalue weighted by Gasteiger charge is -2.37. The summed E-state index contributed by atoms with van der Waals surface area (Å²) in [6.07, 6.45) is 3.14. The van der Waals surface area contributed by atoms with E-state index in [1.54, 1.807) is 0 Å². The molecular formula is C14H24N2O2S. The third-order valence-electron chi connectivity index (χ3n) is 4.64. The summed E-state index contributed by atoms with van der Waals surface area (Å²) in [6, 6.07) is -0.0634. The Labute approximate surface area is 120 Å². The second-order valence-electron chi connectivity index (χ2n) is 5.88. The van der Waals surface area contributed by atoms with Crippen molar-refractivity contribution < 1.29 is 9.53 Å². The third kappa shape index (κ3) is 2.77. The standard InChI is InChI=1S/C14H24N2O2S/c1-8-9(2)18-10(3)12(8)14(17)16-7-5-4-6-11(16)13(15)19/h8-12H,4-7H2,1-3H3,(H2,15,19). The van der Waals surface area contributed by atoms with Gasteiger partial charge >= 0.3 is 0 Å². The van der Waals surface area contributed by atoms with Crippen LogP contribution in [0.3, 0.4) is 0 Å². The molecule has 5 heteroatoms. The molecule has 0 aromatic heterocycles. The van der Waals surface area contributed by atoms with Gasteiger partial charge < -0.3 is 15.4 Å². The van der Waals surface area contributed by atoms with Crippen LogP contribution in [0.4, 0.5) is 0 Å². The SMILES string of the molecule is CC1OC(C)C(C(=O)N2CCCCC2C(N)=S)C1C. The number of rotatable bonds is 2. The number of thiocarbonyl (C=S) groups is 1. The smallest absolute Gasteiger partial charge is 0.229 e. The topological polar surface area (TPSA) is 55.6 Å². The Bertz CT molecular complexity index is 374. The van der Waals surface area contributed by atoms with Gasteiger partial charge in [0.05, 0.1) is 29.2 Å². The summed E-state index contributed by atoms with van der Waals surface area (Å²) in [6.45, 7) is 6.89. The molecular weight excluding hydrogens is 260 g/mol. The molecule has 0 bridgehead atoms. The fraction of sp³-hybridized carbons (Fsp3) is 0.857. The largest absolute Gasteiger partial charge is 0.392 e. The van der Waals surface area contributed by atoms with Gasteiger partial charge in [0, 0.05) is 6.54 Å². The summed E-state index contributed by atoms with van der Waals surface area (Å²) in [4.78, 5) is 15.2. The van der Waals surface area contributed by atoms with E-state index in [0.29, 0.717) is 4.99 Å². The molecule has 2 saturated heterocycles. The van der Waals surface area contributed by atoms with Crippen LogP contribution in [0.5, 0.6) is 0 Å². The number of carbonyl (C=O) groups is 1. The van der Waals surface area contributed by atoms with Crippen LogP contribution in [-0.4, -0.2) is 40.6 Å². The van der Waals surface area contributed by atoms with Gasteiger partial charge in [-0.2, -0.15) is 0 Å². The molecule has 1 amide bonds. The van der Waals surface area contributed by atoms with Crippen molar-refractivity contribution in [2.45, 2.75) is 58.3 Å². The lowest BCUT2D eigenvalue weighted by molar-refractivity contribution is -0.140. The van der Waals surface area contributed by atoms with Gasteiger partial charge in [-0.1, -0.05) is 19.1 Å². The number of nitrogens with zero attached hydrogens (tertiary/aromatic N) is 1. The van der Waals surface area contributed by atoms with Crippen LogP contribution in [0.15, 0.2) is 0 Å². The van der Waals surface area contributed by atoms with Crippen LogP contribution in [-0.2, 0) is 9.53 Å². The van der Waals surface area contributed by atoms with Crippen LogP contribution in [0, 0.1) is 11.8 Å². The molecule has 4 nitrogen and oxygen atoms in total. The van der Waals surface area contributed by atoms with E-state index in [1.165, 1.54) is 0 Å². The minimum absolute atomic E-state index is 0.0218. The van der Waals surface area contributed by atoms with Crippen LogP contribution in [0.1, 0.15) is 40.0 Å². The van der Waals surface area contributed by atoms with Crippen molar-refractivity contribution in [2.24, 2.45) is 17.6 Å². The van der Waals surface area contributed by atoms with Gasteiger partial charge in [0.2, 0.25) is 5.91 Å². The minimum atomic E-state index is -0.0649. The molecule has 2 heterocycles. The minimum Gasteiger partial charge on any atom is -0.392 e. The van der Waals surface area contributed by atoms with Gasteiger partial charge in [-0.15, -0.1) is 0 Å². The number of nitrogens with two attached hydrogens (primary N) is 1. The van der Waals surface area contributed by atoms with Crippen LogP contribution < -0.4 is 5.73 Å². The molecule has 0 saturated carbocycles. The van der Waals surface area contributed by atoms with E-state index in [-0.39, 0.29) is 36.0 Å². The van der Waals surface area contributed by atoms with E-state index in [1.807, 2.05) is 18.7 Å². The average Bonchev–Trinajstić information content (AvgIpc) is 2.62. The number of likely N-dealkylation sites (tertiary alicyclic amines) is 1. The summed E-state index contributed by atoms with van der Waals surface area (Å²) in [5.74, 6) is 0.350. The first kappa shape index (κ1) is 14.7. The fourth-order valence-electron chi connectivity index (χ4n) is 3.37. The summed E-state index contributed by atoms with van der Waals surface area (Å²) in [7, 11) is 0. The molecule has 0 aromatic rings. The van der Waals surface area contributed by atoms with E-state index in [0.717, 1.165) is 25.8 Å². The highest BCUT2D eigenvalue weighted by Crippen LogP contribution is 2.34. The lowest BCUT2D eigenvalue weighted by atomic mass is 9.87. The van der Waals surface area contributed by atoms with Gasteiger partial charge in [0.1, 0.15) is 0 Å². The molecule has 2 aliphatic rings. The number of hydrogen-bond acceptors (Lipinski definition) is 3. The fourth-order valence-corrected chi connectivity index (χ4v) is 3.62. The highest BCUT2D eigenvalue weighted by molar-refractivity contribution is 7.80. The van der Waals surface area contributed by atoms with Crippen molar-refractivity contribution >= 4 is 23.1 Å².